The van der Waals surface area contributed by atoms with Crippen molar-refractivity contribution >= 4 is 17.7 Å². The number of aliphatic imine (C=N–C) groups is 1. The van der Waals surface area contributed by atoms with Crippen LogP contribution in [0.4, 0.5) is 8.78 Å². The average molecular weight is 422 g/mol. The Labute approximate surface area is 177 Å². The van der Waals surface area contributed by atoms with Crippen molar-refractivity contribution in [2.45, 2.75) is 13.0 Å². The van der Waals surface area contributed by atoms with Gasteiger partial charge in [0.15, 0.2) is 5.82 Å². The molecule has 3 aromatic rings. The monoisotopic (exact) mass is 422 g/mol. The van der Waals surface area contributed by atoms with E-state index in [0.29, 0.717) is 22.7 Å². The normalized spacial score (nSPS) is 12.7. The van der Waals surface area contributed by atoms with Gasteiger partial charge in [-0.15, -0.1) is 0 Å². The molecule has 0 aliphatic carbocycles. The molecule has 0 saturated carbocycles. The fourth-order valence-electron chi connectivity index (χ4n) is 2.73. The number of carbonyl (C=O) groups is 1. The summed E-state index contributed by atoms with van der Waals surface area (Å²) < 4.78 is 26.8. The van der Waals surface area contributed by atoms with E-state index in [2.05, 4.69) is 25.3 Å². The number of rotatable bonds is 7. The van der Waals surface area contributed by atoms with Gasteiger partial charge >= 0.3 is 0 Å². The van der Waals surface area contributed by atoms with Crippen LogP contribution in [0.1, 0.15) is 23.0 Å². The van der Waals surface area contributed by atoms with Gasteiger partial charge in [-0.3, -0.25) is 14.8 Å². The zero-order valence-corrected chi connectivity index (χ0v) is 16.7. The SMILES string of the molecule is CC(CN=CC(=CN)c1ccc(F)cn1)NC(=O)c1cc(F)ccc1-c1ncccn1. The molecule has 0 aliphatic heterocycles. The first-order valence-corrected chi connectivity index (χ1v) is 9.39. The highest BCUT2D eigenvalue weighted by atomic mass is 19.1. The molecule has 1 amide bonds. The average Bonchev–Trinajstić information content (AvgIpc) is 2.78. The third-order valence-corrected chi connectivity index (χ3v) is 4.22. The fourth-order valence-corrected chi connectivity index (χ4v) is 2.73. The lowest BCUT2D eigenvalue weighted by Gasteiger charge is -2.14. The molecule has 3 rings (SSSR count). The molecule has 3 N–H and O–H groups in total. The third kappa shape index (κ3) is 5.75. The van der Waals surface area contributed by atoms with Crippen LogP contribution >= 0.6 is 0 Å². The first kappa shape index (κ1) is 21.7. The Morgan fingerprint density at radius 1 is 1.16 bits per heavy atom. The highest BCUT2D eigenvalue weighted by molar-refractivity contribution is 6.08. The molecule has 0 radical (unpaired) electrons. The van der Waals surface area contributed by atoms with Gasteiger partial charge < -0.3 is 11.1 Å². The smallest absolute Gasteiger partial charge is 0.252 e. The number of halogens is 2. The molecule has 31 heavy (non-hydrogen) atoms. The van der Waals surface area contributed by atoms with Gasteiger partial charge in [0.1, 0.15) is 11.6 Å². The number of hydrogen-bond donors (Lipinski definition) is 2. The summed E-state index contributed by atoms with van der Waals surface area (Å²) in [5.41, 5.74) is 7.12. The maximum absolute atomic E-state index is 13.8. The summed E-state index contributed by atoms with van der Waals surface area (Å²) in [5, 5.41) is 2.78. The van der Waals surface area contributed by atoms with Gasteiger partial charge in [-0.2, -0.15) is 0 Å². The minimum atomic E-state index is -0.542. The molecule has 0 bridgehead atoms. The molecule has 158 valence electrons. The molecule has 0 fully saturated rings. The van der Waals surface area contributed by atoms with Crippen LogP contribution < -0.4 is 11.1 Å². The second-order valence-corrected chi connectivity index (χ2v) is 6.61. The second kappa shape index (κ2) is 10.1. The van der Waals surface area contributed by atoms with Crippen LogP contribution in [-0.4, -0.2) is 39.7 Å². The van der Waals surface area contributed by atoms with Gasteiger partial charge in [-0.25, -0.2) is 18.7 Å². The van der Waals surface area contributed by atoms with E-state index in [9.17, 15) is 13.6 Å². The van der Waals surface area contributed by atoms with Crippen molar-refractivity contribution in [2.75, 3.05) is 6.54 Å². The van der Waals surface area contributed by atoms with Crippen LogP contribution in [0.5, 0.6) is 0 Å². The Bertz CT molecular complexity index is 1100. The van der Waals surface area contributed by atoms with Gasteiger partial charge in [-0.1, -0.05) is 0 Å². The van der Waals surface area contributed by atoms with Crippen molar-refractivity contribution in [1.82, 2.24) is 20.3 Å². The lowest BCUT2D eigenvalue weighted by atomic mass is 10.1. The number of nitrogens with one attached hydrogen (secondary N) is 1. The number of nitrogens with zero attached hydrogens (tertiary/aromatic N) is 4. The van der Waals surface area contributed by atoms with E-state index < -0.39 is 17.5 Å². The molecular weight excluding hydrogens is 402 g/mol. The summed E-state index contributed by atoms with van der Waals surface area (Å²) >= 11 is 0. The summed E-state index contributed by atoms with van der Waals surface area (Å²) in [6, 6.07) is 7.91. The highest BCUT2D eigenvalue weighted by Gasteiger charge is 2.17. The van der Waals surface area contributed by atoms with E-state index in [1.807, 2.05) is 0 Å². The maximum Gasteiger partial charge on any atom is 0.252 e. The number of allylic oxidation sites excluding steroid dienone is 1. The highest BCUT2D eigenvalue weighted by Crippen LogP contribution is 2.21. The molecule has 1 unspecified atom stereocenters. The zero-order valence-electron chi connectivity index (χ0n) is 16.7. The molecule has 9 heteroatoms. The zero-order chi connectivity index (χ0) is 22.2. The number of hydrogen-bond acceptors (Lipinski definition) is 6. The quantitative estimate of drug-likeness (QED) is 0.570. The number of nitrogens with two attached hydrogens (primary N) is 1. The molecule has 1 atom stereocenters. The fraction of sp³-hybridized carbons (Fsp3) is 0.136. The molecular formula is C22H20F2N6O. The number of aromatic nitrogens is 3. The lowest BCUT2D eigenvalue weighted by molar-refractivity contribution is 0.0941. The van der Waals surface area contributed by atoms with Crippen molar-refractivity contribution in [3.63, 3.8) is 0 Å². The number of pyridine rings is 1. The van der Waals surface area contributed by atoms with E-state index in [-0.39, 0.29) is 18.2 Å². The summed E-state index contributed by atoms with van der Waals surface area (Å²) in [7, 11) is 0. The Morgan fingerprint density at radius 2 is 1.90 bits per heavy atom. The first-order chi connectivity index (χ1) is 15.0. The van der Waals surface area contributed by atoms with E-state index in [1.54, 1.807) is 25.4 Å². The van der Waals surface area contributed by atoms with Gasteiger partial charge in [0.05, 0.1) is 24.0 Å². The van der Waals surface area contributed by atoms with Crippen LogP contribution in [0, 0.1) is 11.6 Å². The Morgan fingerprint density at radius 3 is 2.58 bits per heavy atom. The first-order valence-electron chi connectivity index (χ1n) is 9.39. The largest absolute Gasteiger partial charge is 0.404 e. The van der Waals surface area contributed by atoms with Crippen LogP contribution in [0.25, 0.3) is 17.0 Å². The van der Waals surface area contributed by atoms with Crippen molar-refractivity contribution < 1.29 is 13.6 Å². The maximum atomic E-state index is 13.8. The van der Waals surface area contributed by atoms with Crippen molar-refractivity contribution in [3.05, 3.63) is 84.1 Å². The Hall–Kier alpha value is -4.01. The summed E-state index contributed by atoms with van der Waals surface area (Å²) in [4.78, 5) is 29.2. The van der Waals surface area contributed by atoms with E-state index in [0.717, 1.165) is 12.3 Å². The molecule has 7 nitrogen and oxygen atoms in total. The van der Waals surface area contributed by atoms with Gasteiger partial charge in [0.2, 0.25) is 0 Å². The van der Waals surface area contributed by atoms with Gasteiger partial charge in [0, 0.05) is 42.0 Å². The van der Waals surface area contributed by atoms with Crippen molar-refractivity contribution in [3.8, 4) is 11.4 Å². The minimum absolute atomic E-state index is 0.125. The van der Waals surface area contributed by atoms with Gasteiger partial charge in [-0.05, 0) is 43.3 Å². The van der Waals surface area contributed by atoms with Crippen LogP contribution in [0.15, 0.2) is 66.2 Å². The molecule has 0 aliphatic rings. The Balaban J connectivity index is 1.68. The van der Waals surface area contributed by atoms with Crippen LogP contribution in [0.3, 0.4) is 0 Å². The number of amides is 1. The van der Waals surface area contributed by atoms with E-state index >= 15 is 0 Å². The van der Waals surface area contributed by atoms with E-state index in [4.69, 9.17) is 5.73 Å². The molecule has 1 aromatic carbocycles. The van der Waals surface area contributed by atoms with Crippen LogP contribution in [-0.2, 0) is 0 Å². The Kier molecular flexibility index (Phi) is 7.10. The minimum Gasteiger partial charge on any atom is -0.404 e. The summed E-state index contributed by atoms with van der Waals surface area (Å²) in [6.07, 6.45) is 6.98. The second-order valence-electron chi connectivity index (χ2n) is 6.61. The van der Waals surface area contributed by atoms with Crippen LogP contribution in [0.2, 0.25) is 0 Å². The standard InChI is InChI=1S/C22H20F2N6O/c1-14(11-26-12-15(10-25)20-6-4-17(24)13-29-20)30-22(31)19-9-16(23)3-5-18(19)21-27-7-2-8-28-21/h2-10,12-14H,11,25H2,1H3,(H,30,31). The predicted molar refractivity (Wildman–Crippen MR) is 114 cm³/mol. The van der Waals surface area contributed by atoms with E-state index in [1.165, 1.54) is 36.7 Å². The van der Waals surface area contributed by atoms with Crippen molar-refractivity contribution in [1.29, 1.82) is 0 Å². The molecule has 2 heterocycles. The third-order valence-electron chi connectivity index (χ3n) is 4.22. The molecule has 0 saturated heterocycles. The van der Waals surface area contributed by atoms with Crippen molar-refractivity contribution in [2.24, 2.45) is 10.7 Å². The predicted octanol–water partition coefficient (Wildman–Crippen LogP) is 3.01. The number of carbonyl (C=O) groups excluding carboxylic acids is 1. The number of benzene rings is 1. The topological polar surface area (TPSA) is 106 Å². The van der Waals surface area contributed by atoms with Gasteiger partial charge in [0.25, 0.3) is 5.91 Å². The lowest BCUT2D eigenvalue weighted by Crippen LogP contribution is -2.35. The molecule has 2 aromatic heterocycles. The summed E-state index contributed by atoms with van der Waals surface area (Å²) in [6.45, 7) is 1.99. The molecule has 0 spiro atoms. The summed E-state index contributed by atoms with van der Waals surface area (Å²) in [5.74, 6) is -1.15.